The summed E-state index contributed by atoms with van der Waals surface area (Å²) in [5.41, 5.74) is 2.91. The lowest BCUT2D eigenvalue weighted by Crippen LogP contribution is -1.99. The Labute approximate surface area is 132 Å². The standard InChI is InChI=1S/C18H26FNS/c1-3-4-12-21-20-14(2)16-10-11-18(19)17(13-16)7-5-6-15-8-9-15/h10-11,13,15H,3-9,12H2,1-2H3/b20-14+. The van der Waals surface area contributed by atoms with Crippen molar-refractivity contribution in [2.45, 2.75) is 58.8 Å². The summed E-state index contributed by atoms with van der Waals surface area (Å²) in [4.78, 5) is 0. The van der Waals surface area contributed by atoms with Gasteiger partial charge in [-0.1, -0.05) is 38.7 Å². The molecule has 0 atom stereocenters. The van der Waals surface area contributed by atoms with Crippen LogP contribution in [0.2, 0.25) is 0 Å². The summed E-state index contributed by atoms with van der Waals surface area (Å²) in [7, 11) is 0. The third-order valence-electron chi connectivity index (χ3n) is 4.01. The molecule has 0 unspecified atom stereocenters. The molecule has 0 aliphatic heterocycles. The second kappa shape index (κ2) is 8.57. The Morgan fingerprint density at radius 3 is 2.86 bits per heavy atom. The van der Waals surface area contributed by atoms with Gasteiger partial charge in [-0.3, -0.25) is 0 Å². The highest BCUT2D eigenvalue weighted by atomic mass is 32.2. The molecule has 2 rings (SSSR count). The maximum Gasteiger partial charge on any atom is 0.126 e. The van der Waals surface area contributed by atoms with E-state index in [4.69, 9.17) is 0 Å². The smallest absolute Gasteiger partial charge is 0.126 e. The maximum absolute atomic E-state index is 13.9. The summed E-state index contributed by atoms with van der Waals surface area (Å²) >= 11 is 1.62. The summed E-state index contributed by atoms with van der Waals surface area (Å²) in [6.45, 7) is 4.20. The van der Waals surface area contributed by atoms with Gasteiger partial charge in [-0.15, -0.1) is 0 Å². The predicted octanol–water partition coefficient (Wildman–Crippen LogP) is 5.82. The second-order valence-corrected chi connectivity index (χ2v) is 6.85. The first-order valence-corrected chi connectivity index (χ1v) is 9.10. The van der Waals surface area contributed by atoms with Crippen molar-refractivity contribution >= 4 is 17.7 Å². The average Bonchev–Trinajstić information content (AvgIpc) is 3.29. The van der Waals surface area contributed by atoms with E-state index in [0.717, 1.165) is 41.4 Å². The zero-order valence-corrected chi connectivity index (χ0v) is 14.0. The van der Waals surface area contributed by atoms with Crippen molar-refractivity contribution in [3.63, 3.8) is 0 Å². The van der Waals surface area contributed by atoms with Gasteiger partial charge in [0.1, 0.15) is 5.82 Å². The van der Waals surface area contributed by atoms with Gasteiger partial charge in [0.15, 0.2) is 0 Å². The van der Waals surface area contributed by atoms with Gasteiger partial charge in [-0.05, 0) is 67.3 Å². The third-order valence-corrected chi connectivity index (χ3v) is 4.88. The summed E-state index contributed by atoms with van der Waals surface area (Å²) < 4.78 is 18.4. The Morgan fingerprint density at radius 1 is 1.33 bits per heavy atom. The van der Waals surface area contributed by atoms with Gasteiger partial charge in [-0.2, -0.15) is 0 Å². The number of nitrogens with zero attached hydrogens (tertiary/aromatic N) is 1. The van der Waals surface area contributed by atoms with E-state index in [0.29, 0.717) is 0 Å². The minimum atomic E-state index is -0.0685. The molecule has 1 aliphatic rings. The van der Waals surface area contributed by atoms with E-state index in [2.05, 4.69) is 11.3 Å². The molecule has 3 heteroatoms. The highest BCUT2D eigenvalue weighted by Gasteiger charge is 2.20. The molecule has 0 saturated heterocycles. The lowest BCUT2D eigenvalue weighted by Gasteiger charge is -2.07. The molecule has 1 aromatic rings. The van der Waals surface area contributed by atoms with Gasteiger partial charge in [0.05, 0.1) is 5.71 Å². The van der Waals surface area contributed by atoms with Crippen LogP contribution in [-0.2, 0) is 6.42 Å². The van der Waals surface area contributed by atoms with Crippen LogP contribution in [-0.4, -0.2) is 11.5 Å². The number of benzene rings is 1. The Balaban J connectivity index is 1.92. The molecule has 0 N–H and O–H groups in total. The van der Waals surface area contributed by atoms with Crippen LogP contribution in [0.4, 0.5) is 4.39 Å². The molecule has 0 spiro atoms. The molecule has 1 saturated carbocycles. The molecule has 0 amide bonds. The molecule has 1 nitrogen and oxygen atoms in total. The first-order valence-electron chi connectivity index (χ1n) is 8.16. The molecular weight excluding hydrogens is 281 g/mol. The summed E-state index contributed by atoms with van der Waals surface area (Å²) in [5, 5.41) is 0. The molecule has 1 aliphatic carbocycles. The van der Waals surface area contributed by atoms with Crippen molar-refractivity contribution in [2.75, 3.05) is 5.75 Å². The van der Waals surface area contributed by atoms with E-state index in [-0.39, 0.29) is 5.82 Å². The summed E-state index contributed by atoms with van der Waals surface area (Å²) in [5.74, 6) is 1.92. The first-order chi connectivity index (χ1) is 10.2. The van der Waals surface area contributed by atoms with Gasteiger partial charge in [0.25, 0.3) is 0 Å². The van der Waals surface area contributed by atoms with Gasteiger partial charge < -0.3 is 0 Å². The molecule has 0 heterocycles. The molecule has 0 bridgehead atoms. The van der Waals surface area contributed by atoms with Crippen LogP contribution in [0, 0.1) is 11.7 Å². The minimum absolute atomic E-state index is 0.0685. The predicted molar refractivity (Wildman–Crippen MR) is 91.6 cm³/mol. The number of rotatable bonds is 9. The molecule has 0 aromatic heterocycles. The van der Waals surface area contributed by atoms with E-state index >= 15 is 0 Å². The van der Waals surface area contributed by atoms with Gasteiger partial charge >= 0.3 is 0 Å². The minimum Gasteiger partial charge on any atom is -0.221 e. The monoisotopic (exact) mass is 307 g/mol. The van der Waals surface area contributed by atoms with Crippen LogP contribution in [0.1, 0.15) is 63.5 Å². The average molecular weight is 307 g/mol. The topological polar surface area (TPSA) is 12.4 Å². The fourth-order valence-corrected chi connectivity index (χ4v) is 3.19. The van der Waals surface area contributed by atoms with Crippen LogP contribution in [0.3, 0.4) is 0 Å². The zero-order valence-electron chi connectivity index (χ0n) is 13.2. The van der Waals surface area contributed by atoms with Crippen LogP contribution in [0.5, 0.6) is 0 Å². The molecule has 0 radical (unpaired) electrons. The van der Waals surface area contributed by atoms with Crippen molar-refractivity contribution in [3.8, 4) is 0 Å². The number of halogens is 1. The third kappa shape index (κ3) is 5.82. The molecule has 1 fully saturated rings. The van der Waals surface area contributed by atoms with Gasteiger partial charge in [-0.25, -0.2) is 8.79 Å². The van der Waals surface area contributed by atoms with Crippen molar-refractivity contribution in [1.82, 2.24) is 0 Å². The van der Waals surface area contributed by atoms with Crippen LogP contribution in [0.15, 0.2) is 22.6 Å². The van der Waals surface area contributed by atoms with E-state index in [1.807, 2.05) is 19.1 Å². The normalized spacial score (nSPS) is 15.5. The fourth-order valence-electron chi connectivity index (χ4n) is 2.38. The van der Waals surface area contributed by atoms with Crippen molar-refractivity contribution in [1.29, 1.82) is 0 Å². The van der Waals surface area contributed by atoms with Crippen molar-refractivity contribution < 1.29 is 4.39 Å². The summed E-state index contributed by atoms with van der Waals surface area (Å²) in [6, 6.07) is 5.43. The van der Waals surface area contributed by atoms with Crippen molar-refractivity contribution in [3.05, 3.63) is 35.1 Å². The maximum atomic E-state index is 13.9. The Kier molecular flexibility index (Phi) is 6.75. The zero-order chi connectivity index (χ0) is 15.1. The Morgan fingerprint density at radius 2 is 2.14 bits per heavy atom. The van der Waals surface area contributed by atoms with Crippen LogP contribution >= 0.6 is 11.9 Å². The number of hydrogen-bond donors (Lipinski definition) is 0. The van der Waals surface area contributed by atoms with E-state index in [1.54, 1.807) is 18.0 Å². The highest BCUT2D eigenvalue weighted by Crippen LogP contribution is 2.34. The van der Waals surface area contributed by atoms with E-state index in [1.165, 1.54) is 32.1 Å². The Hall–Kier alpha value is -0.830. The quantitative estimate of drug-likeness (QED) is 0.318. The van der Waals surface area contributed by atoms with E-state index < -0.39 is 0 Å². The molecular formula is C18H26FNS. The van der Waals surface area contributed by atoms with Gasteiger partial charge in [0, 0.05) is 5.75 Å². The van der Waals surface area contributed by atoms with Crippen LogP contribution < -0.4 is 0 Å². The number of hydrogen-bond acceptors (Lipinski definition) is 2. The number of aryl methyl sites for hydroxylation is 1. The van der Waals surface area contributed by atoms with Crippen molar-refractivity contribution in [2.24, 2.45) is 10.3 Å². The lowest BCUT2D eigenvalue weighted by atomic mass is 10.0. The first kappa shape index (κ1) is 16.5. The fraction of sp³-hybridized carbons (Fsp3) is 0.611. The lowest BCUT2D eigenvalue weighted by molar-refractivity contribution is 0.592. The molecule has 116 valence electrons. The molecule has 1 aromatic carbocycles. The largest absolute Gasteiger partial charge is 0.221 e. The highest BCUT2D eigenvalue weighted by molar-refractivity contribution is 7.98. The number of unbranched alkanes of at least 4 members (excludes halogenated alkanes) is 1. The SMILES string of the molecule is CCCCS/N=C(\C)c1ccc(F)c(CCCC2CC2)c1. The molecule has 21 heavy (non-hydrogen) atoms. The van der Waals surface area contributed by atoms with E-state index in [9.17, 15) is 4.39 Å². The summed E-state index contributed by atoms with van der Waals surface area (Å²) in [6.07, 6.45) is 8.36. The Bertz CT molecular complexity index is 480. The van der Waals surface area contributed by atoms with Crippen LogP contribution in [0.25, 0.3) is 0 Å². The van der Waals surface area contributed by atoms with Gasteiger partial charge in [0.2, 0.25) is 0 Å². The second-order valence-electron chi connectivity index (χ2n) is 6.01.